The Morgan fingerprint density at radius 3 is 3.18 bits per heavy atom. The van der Waals surface area contributed by atoms with E-state index in [4.69, 9.17) is 0 Å². The van der Waals surface area contributed by atoms with Gasteiger partial charge in [0.1, 0.15) is 11.1 Å². The van der Waals surface area contributed by atoms with Crippen molar-refractivity contribution in [2.45, 2.75) is 45.1 Å². The summed E-state index contributed by atoms with van der Waals surface area (Å²) in [7, 11) is 0. The number of nitrogens with zero attached hydrogens (tertiary/aromatic N) is 2. The first-order valence-corrected chi connectivity index (χ1v) is 7.08. The molecule has 0 amide bonds. The molecule has 3 nitrogen and oxygen atoms in total. The van der Waals surface area contributed by atoms with Gasteiger partial charge in [-0.2, -0.15) is 5.26 Å². The zero-order chi connectivity index (χ0) is 12.3. The predicted molar refractivity (Wildman–Crippen MR) is 67.4 cm³/mol. The van der Waals surface area contributed by atoms with Gasteiger partial charge in [0, 0.05) is 11.6 Å². The van der Waals surface area contributed by atoms with Crippen LogP contribution in [0.5, 0.6) is 0 Å². The van der Waals surface area contributed by atoms with Crippen LogP contribution in [0.4, 0.5) is 0 Å². The van der Waals surface area contributed by atoms with Crippen molar-refractivity contribution in [3.8, 4) is 6.07 Å². The molecule has 4 heteroatoms. The van der Waals surface area contributed by atoms with Gasteiger partial charge in [-0.25, -0.2) is 4.98 Å². The van der Waals surface area contributed by atoms with Crippen LogP contribution in [0.1, 0.15) is 50.1 Å². The molecule has 3 unspecified atom stereocenters. The molecule has 1 aromatic rings. The van der Waals surface area contributed by atoms with Crippen molar-refractivity contribution < 1.29 is 5.11 Å². The van der Waals surface area contributed by atoms with Crippen LogP contribution in [0.25, 0.3) is 0 Å². The fourth-order valence-electron chi connectivity index (χ4n) is 2.79. The smallest absolute Gasteiger partial charge is 0.124 e. The zero-order valence-corrected chi connectivity index (χ0v) is 10.9. The molecule has 1 aromatic heterocycles. The van der Waals surface area contributed by atoms with Gasteiger partial charge < -0.3 is 5.11 Å². The highest BCUT2D eigenvalue weighted by Crippen LogP contribution is 2.48. The number of aliphatic hydroxyl groups is 1. The first kappa shape index (κ1) is 12.5. The van der Waals surface area contributed by atoms with Gasteiger partial charge >= 0.3 is 0 Å². The Bertz CT molecular complexity index is 398. The maximum Gasteiger partial charge on any atom is 0.124 e. The Balaban J connectivity index is 2.22. The van der Waals surface area contributed by atoms with Crippen LogP contribution in [-0.4, -0.2) is 10.1 Å². The SMILES string of the molecule is CCC1CCCC(C#N)(C(O)c2nccs2)C1. The lowest BCUT2D eigenvalue weighted by Gasteiger charge is -2.38. The van der Waals surface area contributed by atoms with Crippen molar-refractivity contribution in [3.63, 3.8) is 0 Å². The molecule has 92 valence electrons. The number of nitriles is 1. The van der Waals surface area contributed by atoms with Crippen LogP contribution in [-0.2, 0) is 0 Å². The number of rotatable bonds is 3. The Kier molecular flexibility index (Phi) is 3.80. The van der Waals surface area contributed by atoms with Gasteiger partial charge in [0.25, 0.3) is 0 Å². The lowest BCUT2D eigenvalue weighted by Crippen LogP contribution is -2.33. The van der Waals surface area contributed by atoms with Gasteiger partial charge in [-0.3, -0.25) is 0 Å². The maximum atomic E-state index is 10.4. The van der Waals surface area contributed by atoms with E-state index >= 15 is 0 Å². The first-order chi connectivity index (χ1) is 8.22. The van der Waals surface area contributed by atoms with Gasteiger partial charge in [-0.05, 0) is 18.8 Å². The van der Waals surface area contributed by atoms with E-state index in [1.54, 1.807) is 6.20 Å². The summed E-state index contributed by atoms with van der Waals surface area (Å²) in [6.45, 7) is 2.16. The summed E-state index contributed by atoms with van der Waals surface area (Å²) in [5.41, 5.74) is -0.614. The van der Waals surface area contributed by atoms with Gasteiger partial charge in [-0.1, -0.05) is 26.2 Å². The minimum atomic E-state index is -0.721. The molecule has 1 fully saturated rings. The fraction of sp³-hybridized carbons (Fsp3) is 0.692. The average Bonchev–Trinajstić information content (AvgIpc) is 2.91. The second-order valence-corrected chi connectivity index (χ2v) is 5.84. The van der Waals surface area contributed by atoms with Gasteiger partial charge in [0.2, 0.25) is 0 Å². The Morgan fingerprint density at radius 1 is 1.76 bits per heavy atom. The summed E-state index contributed by atoms with van der Waals surface area (Å²) in [5.74, 6) is 0.568. The number of aliphatic hydroxyl groups excluding tert-OH is 1. The van der Waals surface area contributed by atoms with E-state index < -0.39 is 11.5 Å². The molecule has 0 radical (unpaired) electrons. The van der Waals surface area contributed by atoms with Gasteiger partial charge in [-0.15, -0.1) is 11.3 Å². The average molecular weight is 250 g/mol. The van der Waals surface area contributed by atoms with Crippen molar-refractivity contribution in [2.24, 2.45) is 11.3 Å². The first-order valence-electron chi connectivity index (χ1n) is 6.20. The number of hydrogen-bond acceptors (Lipinski definition) is 4. The molecule has 0 aromatic carbocycles. The summed E-state index contributed by atoms with van der Waals surface area (Å²) in [4.78, 5) is 4.15. The van der Waals surface area contributed by atoms with Crippen LogP contribution in [0, 0.1) is 22.7 Å². The molecule has 0 aliphatic heterocycles. The molecule has 1 N–H and O–H groups in total. The second kappa shape index (κ2) is 5.16. The monoisotopic (exact) mass is 250 g/mol. The van der Waals surface area contributed by atoms with Gasteiger partial charge in [0.05, 0.1) is 11.5 Å². The lowest BCUT2D eigenvalue weighted by atomic mass is 9.67. The minimum Gasteiger partial charge on any atom is -0.384 e. The molecule has 0 spiro atoms. The zero-order valence-electron chi connectivity index (χ0n) is 10.1. The van der Waals surface area contributed by atoms with E-state index in [0.29, 0.717) is 10.9 Å². The molecule has 0 bridgehead atoms. The van der Waals surface area contributed by atoms with Crippen LogP contribution < -0.4 is 0 Å². The number of hydrogen-bond donors (Lipinski definition) is 1. The van der Waals surface area contributed by atoms with Crippen LogP contribution in [0.2, 0.25) is 0 Å². The molecule has 3 atom stereocenters. The Labute approximate surface area is 106 Å². The second-order valence-electron chi connectivity index (χ2n) is 4.91. The van der Waals surface area contributed by atoms with E-state index in [0.717, 1.165) is 25.7 Å². The number of thiazole rings is 1. The third-order valence-corrected chi connectivity index (χ3v) is 4.72. The highest BCUT2D eigenvalue weighted by molar-refractivity contribution is 7.09. The van der Waals surface area contributed by atoms with Crippen molar-refractivity contribution >= 4 is 11.3 Å². The topological polar surface area (TPSA) is 56.9 Å². The Hall–Kier alpha value is -0.920. The molecule has 1 aliphatic rings. The maximum absolute atomic E-state index is 10.4. The van der Waals surface area contributed by atoms with Crippen LogP contribution >= 0.6 is 11.3 Å². The largest absolute Gasteiger partial charge is 0.384 e. The van der Waals surface area contributed by atoms with Crippen molar-refractivity contribution in [2.75, 3.05) is 0 Å². The minimum absolute atomic E-state index is 0.568. The van der Waals surface area contributed by atoms with Crippen molar-refractivity contribution in [1.29, 1.82) is 5.26 Å². The van der Waals surface area contributed by atoms with E-state index in [2.05, 4.69) is 18.0 Å². The van der Waals surface area contributed by atoms with E-state index in [1.807, 2.05) is 5.38 Å². The number of aromatic nitrogens is 1. The molecular weight excluding hydrogens is 232 g/mol. The van der Waals surface area contributed by atoms with Crippen molar-refractivity contribution in [3.05, 3.63) is 16.6 Å². The highest BCUT2D eigenvalue weighted by Gasteiger charge is 2.43. The molecule has 2 rings (SSSR count). The van der Waals surface area contributed by atoms with E-state index in [9.17, 15) is 10.4 Å². The van der Waals surface area contributed by atoms with E-state index in [-0.39, 0.29) is 0 Å². The lowest BCUT2D eigenvalue weighted by molar-refractivity contribution is 0.0184. The van der Waals surface area contributed by atoms with Crippen LogP contribution in [0.3, 0.4) is 0 Å². The summed E-state index contributed by atoms with van der Waals surface area (Å²) >= 11 is 1.44. The van der Waals surface area contributed by atoms with Gasteiger partial charge in [0.15, 0.2) is 0 Å². The molecule has 17 heavy (non-hydrogen) atoms. The molecular formula is C13H18N2OS. The van der Waals surface area contributed by atoms with E-state index in [1.165, 1.54) is 17.8 Å². The molecule has 1 heterocycles. The van der Waals surface area contributed by atoms with Crippen LogP contribution in [0.15, 0.2) is 11.6 Å². The third-order valence-electron chi connectivity index (χ3n) is 3.90. The molecule has 1 saturated carbocycles. The summed E-state index contributed by atoms with van der Waals surface area (Å²) in [6, 6.07) is 2.39. The normalized spacial score (nSPS) is 30.8. The summed E-state index contributed by atoms with van der Waals surface area (Å²) in [6.07, 6.45) is 5.88. The van der Waals surface area contributed by atoms with Crippen molar-refractivity contribution in [1.82, 2.24) is 4.98 Å². The predicted octanol–water partition coefficient (Wildman–Crippen LogP) is 3.29. The summed E-state index contributed by atoms with van der Waals surface area (Å²) < 4.78 is 0. The third kappa shape index (κ3) is 2.36. The Morgan fingerprint density at radius 2 is 2.59 bits per heavy atom. The molecule has 0 saturated heterocycles. The molecule has 1 aliphatic carbocycles. The quantitative estimate of drug-likeness (QED) is 0.895. The fourth-order valence-corrected chi connectivity index (χ4v) is 3.53. The summed E-state index contributed by atoms with van der Waals surface area (Å²) in [5, 5.41) is 22.4. The highest BCUT2D eigenvalue weighted by atomic mass is 32.1. The standard InChI is InChI=1S/C13H18N2OS/c1-2-10-4-3-5-13(8-10,9-14)11(16)12-15-6-7-17-12/h6-7,10-11,16H,2-5,8H2,1H3.